The normalized spacial score (nSPS) is 24.1. The Morgan fingerprint density at radius 2 is 2.10 bits per heavy atom. The Morgan fingerprint density at radius 1 is 1.30 bits per heavy atom. The zero-order valence-corrected chi connectivity index (χ0v) is 12.4. The molecule has 1 unspecified atom stereocenters. The second kappa shape index (κ2) is 6.15. The lowest BCUT2D eigenvalue weighted by molar-refractivity contribution is -0.138. The van der Waals surface area contributed by atoms with Crippen molar-refractivity contribution in [2.24, 2.45) is 5.92 Å². The van der Waals surface area contributed by atoms with Crippen molar-refractivity contribution < 1.29 is 4.79 Å². The molecule has 1 aliphatic carbocycles. The summed E-state index contributed by atoms with van der Waals surface area (Å²) < 4.78 is 0. The van der Waals surface area contributed by atoms with Crippen molar-refractivity contribution in [2.45, 2.75) is 31.7 Å². The summed E-state index contributed by atoms with van der Waals surface area (Å²) in [6.07, 6.45) is 4.52. The van der Waals surface area contributed by atoms with E-state index in [1.807, 2.05) is 18.2 Å². The smallest absolute Gasteiger partial charge is 0.226 e. The molecule has 2 fully saturated rings. The first-order chi connectivity index (χ1) is 9.75. The Bertz CT molecular complexity index is 485. The standard InChI is InChI=1S/C16H21ClN2O/c17-14-7-3-6-13(10-14)15-11-18-8-9-19(15)16(20)12-4-1-2-5-12/h3,6-7,10,12,15,18H,1-2,4-5,8-9,11H2. The Balaban J connectivity index is 1.81. The van der Waals surface area contributed by atoms with Gasteiger partial charge in [0.15, 0.2) is 0 Å². The zero-order chi connectivity index (χ0) is 13.9. The summed E-state index contributed by atoms with van der Waals surface area (Å²) >= 11 is 6.09. The van der Waals surface area contributed by atoms with Gasteiger partial charge in [-0.05, 0) is 30.5 Å². The van der Waals surface area contributed by atoms with Gasteiger partial charge >= 0.3 is 0 Å². The first-order valence-electron chi connectivity index (χ1n) is 7.52. The van der Waals surface area contributed by atoms with E-state index in [2.05, 4.69) is 16.3 Å². The number of nitrogens with one attached hydrogen (secondary N) is 1. The molecule has 20 heavy (non-hydrogen) atoms. The van der Waals surface area contributed by atoms with Crippen LogP contribution in [-0.2, 0) is 4.79 Å². The minimum atomic E-state index is 0.121. The monoisotopic (exact) mass is 292 g/mol. The van der Waals surface area contributed by atoms with E-state index >= 15 is 0 Å². The van der Waals surface area contributed by atoms with Crippen LogP contribution in [0.2, 0.25) is 5.02 Å². The Labute approximate surface area is 125 Å². The minimum Gasteiger partial charge on any atom is -0.333 e. The van der Waals surface area contributed by atoms with Crippen LogP contribution in [0.5, 0.6) is 0 Å². The number of halogens is 1. The van der Waals surface area contributed by atoms with Gasteiger partial charge < -0.3 is 10.2 Å². The predicted octanol–water partition coefficient (Wildman–Crippen LogP) is 3.00. The minimum absolute atomic E-state index is 0.121. The molecule has 3 rings (SSSR count). The fourth-order valence-electron chi connectivity index (χ4n) is 3.39. The third kappa shape index (κ3) is 2.84. The van der Waals surface area contributed by atoms with Gasteiger partial charge in [-0.1, -0.05) is 36.6 Å². The average molecular weight is 293 g/mol. The fraction of sp³-hybridized carbons (Fsp3) is 0.562. The highest BCUT2D eigenvalue weighted by atomic mass is 35.5. The van der Waals surface area contributed by atoms with E-state index in [1.165, 1.54) is 12.8 Å². The number of hydrogen-bond acceptors (Lipinski definition) is 2. The summed E-state index contributed by atoms with van der Waals surface area (Å²) in [4.78, 5) is 14.8. The van der Waals surface area contributed by atoms with Crippen LogP contribution in [-0.4, -0.2) is 30.4 Å². The Morgan fingerprint density at radius 3 is 2.85 bits per heavy atom. The molecule has 1 amide bonds. The summed E-state index contributed by atoms with van der Waals surface area (Å²) in [5.74, 6) is 0.587. The van der Waals surface area contributed by atoms with E-state index in [4.69, 9.17) is 11.6 Å². The van der Waals surface area contributed by atoms with Gasteiger partial charge in [-0.15, -0.1) is 0 Å². The lowest BCUT2D eigenvalue weighted by atomic mass is 9.99. The highest BCUT2D eigenvalue weighted by molar-refractivity contribution is 6.30. The molecule has 108 valence electrons. The van der Waals surface area contributed by atoms with Gasteiger partial charge in [-0.25, -0.2) is 0 Å². The molecule has 1 atom stereocenters. The molecule has 0 aromatic heterocycles. The predicted molar refractivity (Wildman–Crippen MR) is 80.7 cm³/mol. The van der Waals surface area contributed by atoms with Crippen molar-refractivity contribution in [1.29, 1.82) is 0 Å². The van der Waals surface area contributed by atoms with Crippen LogP contribution < -0.4 is 5.32 Å². The number of benzene rings is 1. The largest absolute Gasteiger partial charge is 0.333 e. The first kappa shape index (κ1) is 13.9. The number of rotatable bonds is 2. The van der Waals surface area contributed by atoms with Crippen LogP contribution in [0.4, 0.5) is 0 Å². The molecule has 4 heteroatoms. The molecule has 1 heterocycles. The molecule has 1 aromatic carbocycles. The van der Waals surface area contributed by atoms with E-state index in [0.717, 1.165) is 43.1 Å². The van der Waals surface area contributed by atoms with Crippen LogP contribution in [0.3, 0.4) is 0 Å². The van der Waals surface area contributed by atoms with Crippen LogP contribution in [0.1, 0.15) is 37.3 Å². The van der Waals surface area contributed by atoms with E-state index < -0.39 is 0 Å². The average Bonchev–Trinajstić information content (AvgIpc) is 3.01. The van der Waals surface area contributed by atoms with E-state index in [-0.39, 0.29) is 12.0 Å². The molecule has 1 aliphatic heterocycles. The summed E-state index contributed by atoms with van der Waals surface area (Å²) in [5.41, 5.74) is 1.14. The number of amides is 1. The van der Waals surface area contributed by atoms with E-state index in [9.17, 15) is 4.79 Å². The molecule has 0 spiro atoms. The Kier molecular flexibility index (Phi) is 4.27. The number of carbonyl (C=O) groups excluding carboxylic acids is 1. The zero-order valence-electron chi connectivity index (χ0n) is 11.6. The molecule has 1 saturated heterocycles. The van der Waals surface area contributed by atoms with Gasteiger partial charge in [-0.3, -0.25) is 4.79 Å². The van der Waals surface area contributed by atoms with Crippen LogP contribution in [0, 0.1) is 5.92 Å². The third-order valence-electron chi connectivity index (χ3n) is 4.46. The maximum Gasteiger partial charge on any atom is 0.226 e. The molecule has 1 N–H and O–H groups in total. The maximum atomic E-state index is 12.7. The van der Waals surface area contributed by atoms with Crippen molar-refractivity contribution in [1.82, 2.24) is 10.2 Å². The van der Waals surface area contributed by atoms with Crippen molar-refractivity contribution >= 4 is 17.5 Å². The molecular weight excluding hydrogens is 272 g/mol. The van der Waals surface area contributed by atoms with Gasteiger partial charge in [0, 0.05) is 30.6 Å². The van der Waals surface area contributed by atoms with E-state index in [1.54, 1.807) is 0 Å². The molecule has 1 aromatic rings. The highest BCUT2D eigenvalue weighted by Gasteiger charge is 2.33. The molecular formula is C16H21ClN2O. The number of piperazine rings is 1. The summed E-state index contributed by atoms with van der Waals surface area (Å²) in [7, 11) is 0. The van der Waals surface area contributed by atoms with Gasteiger partial charge in [0.2, 0.25) is 5.91 Å². The van der Waals surface area contributed by atoms with Crippen LogP contribution in [0.25, 0.3) is 0 Å². The quantitative estimate of drug-likeness (QED) is 0.909. The lowest BCUT2D eigenvalue weighted by Gasteiger charge is -2.38. The summed E-state index contributed by atoms with van der Waals surface area (Å²) in [5, 5.41) is 4.13. The molecule has 0 bridgehead atoms. The Hall–Kier alpha value is -1.06. The SMILES string of the molecule is O=C(C1CCCC1)N1CCNCC1c1cccc(Cl)c1. The summed E-state index contributed by atoms with van der Waals surface area (Å²) in [6, 6.07) is 8.01. The molecule has 0 radical (unpaired) electrons. The van der Waals surface area contributed by atoms with Crippen LogP contribution in [0.15, 0.2) is 24.3 Å². The van der Waals surface area contributed by atoms with Gasteiger partial charge in [0.25, 0.3) is 0 Å². The van der Waals surface area contributed by atoms with Gasteiger partial charge in [0.05, 0.1) is 6.04 Å². The van der Waals surface area contributed by atoms with Crippen molar-refractivity contribution in [2.75, 3.05) is 19.6 Å². The second-order valence-electron chi connectivity index (χ2n) is 5.79. The van der Waals surface area contributed by atoms with Crippen molar-refractivity contribution in [3.05, 3.63) is 34.9 Å². The number of carbonyl (C=O) groups is 1. The fourth-order valence-corrected chi connectivity index (χ4v) is 3.59. The van der Waals surface area contributed by atoms with Crippen molar-refractivity contribution in [3.63, 3.8) is 0 Å². The lowest BCUT2D eigenvalue weighted by Crippen LogP contribution is -2.50. The van der Waals surface area contributed by atoms with Crippen LogP contribution >= 0.6 is 11.6 Å². The van der Waals surface area contributed by atoms with Gasteiger partial charge in [0.1, 0.15) is 0 Å². The van der Waals surface area contributed by atoms with E-state index in [0.29, 0.717) is 5.91 Å². The van der Waals surface area contributed by atoms with Crippen molar-refractivity contribution in [3.8, 4) is 0 Å². The van der Waals surface area contributed by atoms with Gasteiger partial charge in [-0.2, -0.15) is 0 Å². The number of nitrogens with zero attached hydrogens (tertiary/aromatic N) is 1. The molecule has 2 aliphatic rings. The number of hydrogen-bond donors (Lipinski definition) is 1. The molecule has 1 saturated carbocycles. The third-order valence-corrected chi connectivity index (χ3v) is 4.70. The maximum absolute atomic E-state index is 12.7. The summed E-state index contributed by atoms with van der Waals surface area (Å²) in [6.45, 7) is 2.50. The topological polar surface area (TPSA) is 32.3 Å². The highest BCUT2D eigenvalue weighted by Crippen LogP contribution is 2.31. The molecule has 3 nitrogen and oxygen atoms in total. The second-order valence-corrected chi connectivity index (χ2v) is 6.22. The first-order valence-corrected chi connectivity index (χ1v) is 7.90.